The Bertz CT molecular complexity index is 573. The second-order valence-electron chi connectivity index (χ2n) is 5.85. The van der Waals surface area contributed by atoms with Crippen LogP contribution in [-0.2, 0) is 0 Å². The largest absolute Gasteiger partial charge is 0.493 e. The molecule has 1 heterocycles. The van der Waals surface area contributed by atoms with Crippen molar-refractivity contribution >= 4 is 5.88 Å². The number of nitrogens with zero attached hydrogens (tertiary/aromatic N) is 1. The van der Waals surface area contributed by atoms with Gasteiger partial charge in [0.05, 0.1) is 17.9 Å². The van der Waals surface area contributed by atoms with E-state index in [-0.39, 0.29) is 0 Å². The Hall–Kier alpha value is -1.97. The third-order valence-corrected chi connectivity index (χ3v) is 3.55. The average molecular weight is 288 g/mol. The van der Waals surface area contributed by atoms with Crippen LogP contribution in [0.5, 0.6) is 5.75 Å². The Morgan fingerprint density at radius 1 is 1.19 bits per heavy atom. The van der Waals surface area contributed by atoms with E-state index in [0.29, 0.717) is 24.3 Å². The van der Waals surface area contributed by atoms with Crippen LogP contribution in [0.1, 0.15) is 45.7 Å². The summed E-state index contributed by atoms with van der Waals surface area (Å²) in [6, 6.07) is 7.93. The van der Waals surface area contributed by atoms with Gasteiger partial charge >= 0.3 is 0 Å². The predicted octanol–water partition coefficient (Wildman–Crippen LogP) is 4.47. The number of hydrogen-bond donors (Lipinski definition) is 1. The molecule has 4 heteroatoms. The Morgan fingerprint density at radius 2 is 1.86 bits per heavy atom. The summed E-state index contributed by atoms with van der Waals surface area (Å²) < 4.78 is 10.9. The fraction of sp³-hybridized carbons (Fsp3) is 0.471. The molecular formula is C17H24N2O2. The van der Waals surface area contributed by atoms with Gasteiger partial charge in [-0.15, -0.1) is 0 Å². The minimum atomic E-state index is 0.318. The van der Waals surface area contributed by atoms with Crippen LogP contribution >= 0.6 is 0 Å². The lowest BCUT2D eigenvalue weighted by Gasteiger charge is -2.10. The summed E-state index contributed by atoms with van der Waals surface area (Å²) in [5, 5.41) is 4.11. The SMILES string of the molecule is CCC(C)c1noc(N)c1-c1ccc(OCC(C)C)cc1. The normalized spacial score (nSPS) is 12.6. The van der Waals surface area contributed by atoms with Gasteiger partial charge in [-0.1, -0.05) is 45.0 Å². The van der Waals surface area contributed by atoms with Crippen LogP contribution in [0.3, 0.4) is 0 Å². The molecule has 1 atom stereocenters. The molecule has 0 bridgehead atoms. The van der Waals surface area contributed by atoms with E-state index in [9.17, 15) is 0 Å². The Kier molecular flexibility index (Phi) is 4.89. The summed E-state index contributed by atoms with van der Waals surface area (Å²) in [6.07, 6.45) is 0.995. The lowest BCUT2D eigenvalue weighted by atomic mass is 9.96. The highest BCUT2D eigenvalue weighted by molar-refractivity contribution is 5.75. The second kappa shape index (κ2) is 6.66. The van der Waals surface area contributed by atoms with Crippen molar-refractivity contribution in [2.45, 2.75) is 40.0 Å². The summed E-state index contributed by atoms with van der Waals surface area (Å²) >= 11 is 0. The standard InChI is InChI=1S/C17H24N2O2/c1-5-12(4)16-15(17(18)21-19-16)13-6-8-14(9-7-13)20-10-11(2)3/h6-9,11-12H,5,10,18H2,1-4H3. The third kappa shape index (κ3) is 3.57. The first-order chi connectivity index (χ1) is 10.0. The van der Waals surface area contributed by atoms with Crippen molar-refractivity contribution in [3.63, 3.8) is 0 Å². The highest BCUT2D eigenvalue weighted by atomic mass is 16.5. The molecule has 0 radical (unpaired) electrons. The van der Waals surface area contributed by atoms with Crippen molar-refractivity contribution in [3.05, 3.63) is 30.0 Å². The van der Waals surface area contributed by atoms with Crippen molar-refractivity contribution in [1.29, 1.82) is 0 Å². The molecule has 0 saturated carbocycles. The molecule has 21 heavy (non-hydrogen) atoms. The molecule has 0 aliphatic carbocycles. The minimum absolute atomic E-state index is 0.318. The van der Waals surface area contributed by atoms with E-state index in [1.54, 1.807) is 0 Å². The van der Waals surface area contributed by atoms with Gasteiger partial charge in [0.25, 0.3) is 0 Å². The quantitative estimate of drug-likeness (QED) is 0.851. The lowest BCUT2D eigenvalue weighted by molar-refractivity contribution is 0.271. The number of aromatic nitrogens is 1. The van der Waals surface area contributed by atoms with Gasteiger partial charge in [0, 0.05) is 5.92 Å². The van der Waals surface area contributed by atoms with E-state index in [1.165, 1.54) is 0 Å². The molecule has 2 N–H and O–H groups in total. The van der Waals surface area contributed by atoms with Gasteiger partial charge < -0.3 is 15.0 Å². The molecule has 0 fully saturated rings. The number of nitrogen functional groups attached to an aromatic ring is 1. The van der Waals surface area contributed by atoms with E-state index < -0.39 is 0 Å². The maximum atomic E-state index is 5.94. The molecule has 0 aliphatic rings. The first-order valence-electron chi connectivity index (χ1n) is 7.51. The van der Waals surface area contributed by atoms with E-state index in [0.717, 1.165) is 29.0 Å². The molecule has 1 aromatic heterocycles. The highest BCUT2D eigenvalue weighted by Crippen LogP contribution is 2.35. The number of rotatable bonds is 6. The summed E-state index contributed by atoms with van der Waals surface area (Å²) in [5.41, 5.74) is 8.78. The van der Waals surface area contributed by atoms with E-state index in [1.807, 2.05) is 24.3 Å². The van der Waals surface area contributed by atoms with Crippen LogP contribution in [0.25, 0.3) is 11.1 Å². The molecule has 114 valence electrons. The molecule has 2 aromatic rings. The first-order valence-corrected chi connectivity index (χ1v) is 7.51. The van der Waals surface area contributed by atoms with Gasteiger partial charge in [-0.3, -0.25) is 0 Å². The van der Waals surface area contributed by atoms with Crippen LogP contribution < -0.4 is 10.5 Å². The fourth-order valence-electron chi connectivity index (χ4n) is 2.12. The summed E-state index contributed by atoms with van der Waals surface area (Å²) in [7, 11) is 0. The number of benzene rings is 1. The van der Waals surface area contributed by atoms with Crippen LogP contribution in [0.15, 0.2) is 28.8 Å². The zero-order valence-corrected chi connectivity index (χ0v) is 13.2. The van der Waals surface area contributed by atoms with Crippen LogP contribution in [0.2, 0.25) is 0 Å². The first kappa shape index (κ1) is 15.4. The molecule has 0 spiro atoms. The Balaban J connectivity index is 2.24. The number of nitrogens with two attached hydrogens (primary N) is 1. The highest BCUT2D eigenvalue weighted by Gasteiger charge is 2.19. The fourth-order valence-corrected chi connectivity index (χ4v) is 2.12. The third-order valence-electron chi connectivity index (χ3n) is 3.55. The van der Waals surface area contributed by atoms with Crippen molar-refractivity contribution in [2.75, 3.05) is 12.3 Å². The van der Waals surface area contributed by atoms with Gasteiger partial charge in [-0.25, -0.2) is 0 Å². The zero-order valence-electron chi connectivity index (χ0n) is 13.2. The number of anilines is 1. The van der Waals surface area contributed by atoms with Crippen LogP contribution in [0.4, 0.5) is 5.88 Å². The minimum Gasteiger partial charge on any atom is -0.493 e. The van der Waals surface area contributed by atoms with Gasteiger partial charge in [0.15, 0.2) is 0 Å². The van der Waals surface area contributed by atoms with Gasteiger partial charge in [-0.2, -0.15) is 0 Å². The van der Waals surface area contributed by atoms with Crippen LogP contribution in [0, 0.1) is 5.92 Å². The smallest absolute Gasteiger partial charge is 0.230 e. The molecule has 1 unspecified atom stereocenters. The summed E-state index contributed by atoms with van der Waals surface area (Å²) in [6.45, 7) is 9.23. The predicted molar refractivity (Wildman–Crippen MR) is 85.4 cm³/mol. The maximum absolute atomic E-state index is 5.94. The molecule has 1 aromatic carbocycles. The zero-order chi connectivity index (χ0) is 15.4. The molecule has 0 aliphatic heterocycles. The van der Waals surface area contributed by atoms with Crippen molar-refractivity contribution in [3.8, 4) is 16.9 Å². The molecule has 4 nitrogen and oxygen atoms in total. The molecule has 0 amide bonds. The van der Waals surface area contributed by atoms with E-state index in [4.69, 9.17) is 15.0 Å². The number of hydrogen-bond acceptors (Lipinski definition) is 4. The molecule has 2 rings (SSSR count). The van der Waals surface area contributed by atoms with Gasteiger partial charge in [0.1, 0.15) is 5.75 Å². The topological polar surface area (TPSA) is 61.3 Å². The van der Waals surface area contributed by atoms with E-state index in [2.05, 4.69) is 32.9 Å². The van der Waals surface area contributed by atoms with Gasteiger partial charge in [0.2, 0.25) is 5.88 Å². The second-order valence-corrected chi connectivity index (χ2v) is 5.85. The maximum Gasteiger partial charge on any atom is 0.230 e. The number of ether oxygens (including phenoxy) is 1. The monoisotopic (exact) mass is 288 g/mol. The molecular weight excluding hydrogens is 264 g/mol. The van der Waals surface area contributed by atoms with Crippen LogP contribution in [-0.4, -0.2) is 11.8 Å². The average Bonchev–Trinajstić information content (AvgIpc) is 2.86. The van der Waals surface area contributed by atoms with Crippen molar-refractivity contribution in [1.82, 2.24) is 5.16 Å². The molecule has 0 saturated heterocycles. The van der Waals surface area contributed by atoms with E-state index >= 15 is 0 Å². The lowest BCUT2D eigenvalue weighted by Crippen LogP contribution is -2.04. The summed E-state index contributed by atoms with van der Waals surface area (Å²) in [4.78, 5) is 0. The van der Waals surface area contributed by atoms with Gasteiger partial charge in [-0.05, 0) is 30.0 Å². The van der Waals surface area contributed by atoms with Crippen molar-refractivity contribution in [2.24, 2.45) is 5.92 Å². The summed E-state index contributed by atoms with van der Waals surface area (Å²) in [5.74, 6) is 2.07. The Morgan fingerprint density at radius 3 is 2.43 bits per heavy atom. The Labute approximate surface area is 126 Å². The van der Waals surface area contributed by atoms with Crippen molar-refractivity contribution < 1.29 is 9.26 Å².